The number of anilines is 1. The molecule has 1 rings (SSSR count). The number of rotatable bonds is 6. The topological polar surface area (TPSA) is 104 Å². The summed E-state index contributed by atoms with van der Waals surface area (Å²) in [4.78, 5) is 30.2. The molecule has 0 radical (unpaired) electrons. The number of aromatic nitrogens is 1. The van der Waals surface area contributed by atoms with Crippen molar-refractivity contribution in [3.63, 3.8) is 0 Å². The summed E-state index contributed by atoms with van der Waals surface area (Å²) in [6, 6.07) is 0. The van der Waals surface area contributed by atoms with E-state index in [1.165, 1.54) is 11.3 Å². The van der Waals surface area contributed by atoms with Crippen LogP contribution in [0.15, 0.2) is 10.5 Å². The van der Waals surface area contributed by atoms with Gasteiger partial charge in [-0.1, -0.05) is 5.16 Å². The van der Waals surface area contributed by atoms with E-state index in [9.17, 15) is 9.59 Å². The van der Waals surface area contributed by atoms with E-state index in [1.807, 2.05) is 0 Å². The summed E-state index contributed by atoms with van der Waals surface area (Å²) in [7, 11) is 0. The Kier molecular flexibility index (Phi) is 5.08. The second-order valence-electron chi connectivity index (χ2n) is 2.74. The number of ether oxygens (including phenoxy) is 1. The van der Waals surface area contributed by atoms with Gasteiger partial charge >= 0.3 is 5.97 Å². The molecule has 7 nitrogen and oxygen atoms in total. The fraction of sp³-hybridized carbons (Fsp3) is 0.333. The standard InChI is InChI=1S/C9H11N3O4S/c1-2-15-8(14)4-16-12-6(3-13)7-5-17-9(10)11-7/h3,5H,2,4H2,1H3,(H2,10,11). The van der Waals surface area contributed by atoms with Crippen LogP contribution >= 0.6 is 11.3 Å². The number of hydrogen-bond donors (Lipinski definition) is 1. The summed E-state index contributed by atoms with van der Waals surface area (Å²) in [6.45, 7) is 1.58. The number of nitrogen functional groups attached to an aromatic ring is 1. The smallest absolute Gasteiger partial charge is 0.347 e. The van der Waals surface area contributed by atoms with Crippen LogP contribution in [0.25, 0.3) is 0 Å². The lowest BCUT2D eigenvalue weighted by Crippen LogP contribution is -2.12. The maximum absolute atomic E-state index is 10.9. The minimum absolute atomic E-state index is 0.0257. The van der Waals surface area contributed by atoms with Crippen LogP contribution in [-0.4, -0.2) is 36.2 Å². The highest BCUT2D eigenvalue weighted by Crippen LogP contribution is 2.11. The first kappa shape index (κ1) is 13.1. The third kappa shape index (κ3) is 4.19. The number of nitrogens with two attached hydrogens (primary N) is 1. The molecule has 1 aromatic heterocycles. The van der Waals surface area contributed by atoms with Gasteiger partial charge in [-0.25, -0.2) is 9.78 Å². The van der Waals surface area contributed by atoms with Crippen LogP contribution in [0, 0.1) is 0 Å². The third-order valence-electron chi connectivity index (χ3n) is 1.55. The molecule has 0 bridgehead atoms. The molecule has 1 aromatic rings. The zero-order valence-electron chi connectivity index (χ0n) is 9.08. The van der Waals surface area contributed by atoms with Crippen molar-refractivity contribution in [2.45, 2.75) is 6.92 Å². The second-order valence-corrected chi connectivity index (χ2v) is 3.63. The predicted octanol–water partition coefficient (Wildman–Crippen LogP) is 0.208. The van der Waals surface area contributed by atoms with Crippen molar-refractivity contribution in [3.8, 4) is 0 Å². The van der Waals surface area contributed by atoms with Crippen LogP contribution in [0.2, 0.25) is 0 Å². The Balaban J connectivity index is 2.56. The molecule has 0 aromatic carbocycles. The molecule has 0 fully saturated rings. The number of thiazole rings is 1. The minimum atomic E-state index is -0.556. The van der Waals surface area contributed by atoms with E-state index >= 15 is 0 Å². The second kappa shape index (κ2) is 6.59. The highest BCUT2D eigenvalue weighted by Gasteiger charge is 2.08. The summed E-state index contributed by atoms with van der Waals surface area (Å²) < 4.78 is 4.61. The average Bonchev–Trinajstić information content (AvgIpc) is 2.71. The van der Waals surface area contributed by atoms with Crippen molar-refractivity contribution in [1.29, 1.82) is 0 Å². The highest BCUT2D eigenvalue weighted by atomic mass is 32.1. The average molecular weight is 257 g/mol. The first-order valence-corrected chi connectivity index (χ1v) is 5.57. The largest absolute Gasteiger partial charge is 0.463 e. The number of oxime groups is 1. The van der Waals surface area contributed by atoms with Crippen LogP contribution in [0.3, 0.4) is 0 Å². The SMILES string of the molecule is CCOC(=O)CON=C(C=O)c1csc(N)n1. The summed E-state index contributed by atoms with van der Waals surface area (Å²) in [6.07, 6.45) is 0.472. The van der Waals surface area contributed by atoms with Gasteiger partial charge in [0, 0.05) is 5.38 Å². The molecule has 2 N–H and O–H groups in total. The van der Waals surface area contributed by atoms with E-state index in [0.29, 0.717) is 17.1 Å². The quantitative estimate of drug-likeness (QED) is 0.338. The number of esters is 1. The van der Waals surface area contributed by atoms with E-state index in [0.717, 1.165) is 0 Å². The Bertz CT molecular complexity index is 430. The van der Waals surface area contributed by atoms with Crippen molar-refractivity contribution >= 4 is 34.4 Å². The fourth-order valence-corrected chi connectivity index (χ4v) is 1.45. The number of aldehydes is 1. The van der Waals surface area contributed by atoms with Gasteiger partial charge in [0.05, 0.1) is 6.61 Å². The lowest BCUT2D eigenvalue weighted by atomic mass is 10.3. The highest BCUT2D eigenvalue weighted by molar-refractivity contribution is 7.13. The Morgan fingerprint density at radius 2 is 2.47 bits per heavy atom. The van der Waals surface area contributed by atoms with Gasteiger partial charge < -0.3 is 15.3 Å². The van der Waals surface area contributed by atoms with Gasteiger partial charge in [0.15, 0.2) is 17.1 Å². The first-order chi connectivity index (χ1) is 8.17. The molecule has 92 valence electrons. The zero-order valence-corrected chi connectivity index (χ0v) is 9.90. The monoisotopic (exact) mass is 257 g/mol. The van der Waals surface area contributed by atoms with E-state index in [4.69, 9.17) is 5.73 Å². The number of carbonyl (C=O) groups is 2. The first-order valence-electron chi connectivity index (χ1n) is 4.69. The molecule has 0 atom stereocenters. The number of nitrogens with zero attached hydrogens (tertiary/aromatic N) is 2. The van der Waals surface area contributed by atoms with E-state index < -0.39 is 5.97 Å². The van der Waals surface area contributed by atoms with Crippen LogP contribution < -0.4 is 5.73 Å². The summed E-state index contributed by atoms with van der Waals surface area (Å²) in [5.74, 6) is -0.556. The molecule has 0 spiro atoms. The maximum atomic E-state index is 10.9. The van der Waals surface area contributed by atoms with E-state index in [1.54, 1.807) is 12.3 Å². The lowest BCUT2D eigenvalue weighted by molar-refractivity contribution is -0.148. The van der Waals surface area contributed by atoms with Crippen LogP contribution in [-0.2, 0) is 19.2 Å². The van der Waals surface area contributed by atoms with Gasteiger partial charge in [-0.05, 0) is 6.92 Å². The van der Waals surface area contributed by atoms with Gasteiger partial charge in [0.2, 0.25) is 6.61 Å². The van der Waals surface area contributed by atoms with Crippen LogP contribution in [0.5, 0.6) is 0 Å². The van der Waals surface area contributed by atoms with E-state index in [-0.39, 0.29) is 18.9 Å². The number of carbonyl (C=O) groups excluding carboxylic acids is 2. The van der Waals surface area contributed by atoms with Gasteiger partial charge in [-0.15, -0.1) is 11.3 Å². The molecule has 0 aliphatic heterocycles. The van der Waals surface area contributed by atoms with Gasteiger partial charge in [-0.2, -0.15) is 0 Å². The Labute approximate surface area is 101 Å². The fourth-order valence-electron chi connectivity index (χ4n) is 0.891. The molecule has 0 aliphatic rings. The molecule has 1 heterocycles. The molecule has 0 amide bonds. The predicted molar refractivity (Wildman–Crippen MR) is 61.7 cm³/mol. The van der Waals surface area contributed by atoms with E-state index in [2.05, 4.69) is 19.7 Å². The van der Waals surface area contributed by atoms with Gasteiger partial charge in [0.25, 0.3) is 0 Å². The minimum Gasteiger partial charge on any atom is -0.463 e. The van der Waals surface area contributed by atoms with Gasteiger partial charge in [-0.3, -0.25) is 4.79 Å². The number of hydrogen-bond acceptors (Lipinski definition) is 8. The molecule has 0 saturated carbocycles. The Morgan fingerprint density at radius 3 is 3.00 bits per heavy atom. The van der Waals surface area contributed by atoms with Crippen molar-refractivity contribution in [3.05, 3.63) is 11.1 Å². The molecular formula is C9H11N3O4S. The van der Waals surface area contributed by atoms with Crippen molar-refractivity contribution in [2.24, 2.45) is 5.16 Å². The molecule has 17 heavy (non-hydrogen) atoms. The van der Waals surface area contributed by atoms with Crippen molar-refractivity contribution in [1.82, 2.24) is 4.98 Å². The Morgan fingerprint density at radius 1 is 1.71 bits per heavy atom. The summed E-state index contributed by atoms with van der Waals surface area (Å²) in [5, 5.41) is 5.37. The van der Waals surface area contributed by atoms with Crippen LogP contribution in [0.4, 0.5) is 5.13 Å². The zero-order chi connectivity index (χ0) is 12.7. The molecular weight excluding hydrogens is 246 g/mol. The lowest BCUT2D eigenvalue weighted by Gasteiger charge is -2.00. The van der Waals surface area contributed by atoms with Crippen LogP contribution in [0.1, 0.15) is 12.6 Å². The molecule has 8 heteroatoms. The van der Waals surface area contributed by atoms with Gasteiger partial charge in [0.1, 0.15) is 5.69 Å². The summed E-state index contributed by atoms with van der Waals surface area (Å²) in [5.41, 5.74) is 5.69. The summed E-state index contributed by atoms with van der Waals surface area (Å²) >= 11 is 1.18. The molecule has 0 aliphatic carbocycles. The third-order valence-corrected chi connectivity index (χ3v) is 2.22. The van der Waals surface area contributed by atoms with Crippen molar-refractivity contribution in [2.75, 3.05) is 18.9 Å². The maximum Gasteiger partial charge on any atom is 0.347 e. The molecule has 0 unspecified atom stereocenters. The molecule has 0 saturated heterocycles. The normalized spacial score (nSPS) is 11.0. The Hall–Kier alpha value is -1.96. The van der Waals surface area contributed by atoms with Crippen molar-refractivity contribution < 1.29 is 19.2 Å².